The molecule has 1 aromatic heterocycles. The number of hydrogen-bond donors (Lipinski definition) is 0. The van der Waals surface area contributed by atoms with Gasteiger partial charge in [-0.05, 0) is 37.6 Å². The van der Waals surface area contributed by atoms with E-state index in [-0.39, 0.29) is 24.8 Å². The van der Waals surface area contributed by atoms with Gasteiger partial charge >= 0.3 is 0 Å². The zero-order valence-electron chi connectivity index (χ0n) is 16.6. The van der Waals surface area contributed by atoms with E-state index in [4.69, 9.17) is 4.98 Å². The zero-order valence-corrected chi connectivity index (χ0v) is 18.2. The van der Waals surface area contributed by atoms with Gasteiger partial charge in [-0.25, -0.2) is 0 Å². The molecule has 150 valence electrons. The molecule has 0 unspecified atom stereocenters. The number of halogens is 2. The number of piperazine rings is 1. The molecule has 28 heavy (non-hydrogen) atoms. The van der Waals surface area contributed by atoms with E-state index in [0.717, 1.165) is 44.7 Å². The molecule has 0 bridgehead atoms. The minimum Gasteiger partial charge on any atom is -0.369 e. The van der Waals surface area contributed by atoms with Crippen molar-refractivity contribution in [3.05, 3.63) is 71.4 Å². The molecule has 3 aromatic rings. The maximum absolute atomic E-state index is 4.80. The van der Waals surface area contributed by atoms with E-state index in [1.54, 1.807) is 0 Å². The van der Waals surface area contributed by atoms with Crippen molar-refractivity contribution >= 4 is 41.4 Å². The van der Waals surface area contributed by atoms with Gasteiger partial charge in [0.2, 0.25) is 0 Å². The first-order valence-corrected chi connectivity index (χ1v) is 9.58. The molecule has 3 nitrogen and oxygen atoms in total. The Balaban J connectivity index is 0.00000140. The second kappa shape index (κ2) is 10.1. The van der Waals surface area contributed by atoms with Gasteiger partial charge in [-0.15, -0.1) is 24.8 Å². The monoisotopic (exact) mass is 417 g/mol. The Bertz CT molecular complexity index is 905. The van der Waals surface area contributed by atoms with Crippen molar-refractivity contribution < 1.29 is 0 Å². The van der Waals surface area contributed by atoms with Crippen LogP contribution < -0.4 is 4.90 Å². The number of fused-ring (bicyclic) bond motifs is 1. The molecular weight excluding hydrogens is 389 g/mol. The van der Waals surface area contributed by atoms with Gasteiger partial charge in [0.05, 0.1) is 5.52 Å². The third kappa shape index (κ3) is 5.16. The van der Waals surface area contributed by atoms with Crippen LogP contribution in [0, 0.1) is 13.8 Å². The predicted octanol–water partition coefficient (Wildman–Crippen LogP) is 5.06. The lowest BCUT2D eigenvalue weighted by molar-refractivity contribution is 0.260. The fourth-order valence-corrected chi connectivity index (χ4v) is 3.89. The Labute approximate surface area is 180 Å². The van der Waals surface area contributed by atoms with Gasteiger partial charge in [0.1, 0.15) is 0 Å². The van der Waals surface area contributed by atoms with Gasteiger partial charge < -0.3 is 4.90 Å². The quantitative estimate of drug-likeness (QED) is 0.591. The second-order valence-corrected chi connectivity index (χ2v) is 7.36. The molecule has 2 aromatic carbocycles. The highest BCUT2D eigenvalue weighted by Crippen LogP contribution is 2.22. The number of anilines is 1. The van der Waals surface area contributed by atoms with E-state index in [1.165, 1.54) is 27.9 Å². The third-order valence-electron chi connectivity index (χ3n) is 5.41. The molecule has 0 saturated carbocycles. The van der Waals surface area contributed by atoms with E-state index >= 15 is 0 Å². The minimum atomic E-state index is 0. The van der Waals surface area contributed by atoms with Gasteiger partial charge in [0.25, 0.3) is 0 Å². The number of rotatable bonds is 4. The number of para-hydroxylation sites is 1. The van der Waals surface area contributed by atoms with E-state index in [1.807, 2.05) is 0 Å². The average Bonchev–Trinajstić information content (AvgIpc) is 2.67. The predicted molar refractivity (Wildman–Crippen MR) is 125 cm³/mol. The normalized spacial score (nSPS) is 14.4. The average molecular weight is 418 g/mol. The molecule has 1 saturated heterocycles. The lowest BCUT2D eigenvalue weighted by Crippen LogP contribution is -2.47. The van der Waals surface area contributed by atoms with Crippen molar-refractivity contribution in [2.75, 3.05) is 37.6 Å². The Morgan fingerprint density at radius 3 is 2.36 bits per heavy atom. The third-order valence-corrected chi connectivity index (χ3v) is 5.41. The minimum absolute atomic E-state index is 0. The van der Waals surface area contributed by atoms with Crippen molar-refractivity contribution in [2.24, 2.45) is 0 Å². The number of nitrogens with zero attached hydrogens (tertiary/aromatic N) is 3. The van der Waals surface area contributed by atoms with Crippen molar-refractivity contribution in [1.29, 1.82) is 0 Å². The van der Waals surface area contributed by atoms with Crippen molar-refractivity contribution in [3.8, 4) is 0 Å². The van der Waals surface area contributed by atoms with E-state index in [2.05, 4.69) is 78.2 Å². The first-order valence-electron chi connectivity index (χ1n) is 9.58. The summed E-state index contributed by atoms with van der Waals surface area (Å²) in [5, 5.41) is 1.22. The molecular formula is C23H29Cl2N3. The fourth-order valence-electron chi connectivity index (χ4n) is 3.89. The van der Waals surface area contributed by atoms with Crippen LogP contribution in [0.1, 0.15) is 16.8 Å². The van der Waals surface area contributed by atoms with Crippen LogP contribution in [0.3, 0.4) is 0 Å². The lowest BCUT2D eigenvalue weighted by atomic mass is 10.1. The van der Waals surface area contributed by atoms with Crippen LogP contribution >= 0.6 is 24.8 Å². The van der Waals surface area contributed by atoms with Crippen LogP contribution in [0.25, 0.3) is 10.9 Å². The summed E-state index contributed by atoms with van der Waals surface area (Å²) in [6.07, 6.45) is 1.02. The molecule has 0 spiro atoms. The number of hydrogen-bond acceptors (Lipinski definition) is 3. The van der Waals surface area contributed by atoms with Crippen LogP contribution in [-0.2, 0) is 6.42 Å². The molecule has 0 amide bonds. The highest BCUT2D eigenvalue weighted by molar-refractivity contribution is 5.85. The Morgan fingerprint density at radius 1 is 0.857 bits per heavy atom. The largest absolute Gasteiger partial charge is 0.369 e. The first-order chi connectivity index (χ1) is 12.7. The second-order valence-electron chi connectivity index (χ2n) is 7.36. The summed E-state index contributed by atoms with van der Waals surface area (Å²) in [6.45, 7) is 9.94. The van der Waals surface area contributed by atoms with Crippen LogP contribution in [0.2, 0.25) is 0 Å². The molecule has 5 heteroatoms. The Kier molecular flexibility index (Phi) is 8.11. The standard InChI is InChI=1S/C23H27N3.2ClH/c1-18-7-10-23(19(2)17-18)26-15-13-25(14-16-26)12-11-21-9-8-20-5-3-4-6-22(20)24-21;;/h3-10,17H,11-16H2,1-2H3;2*1H. The van der Waals surface area contributed by atoms with Crippen LogP contribution in [0.5, 0.6) is 0 Å². The maximum atomic E-state index is 4.80. The summed E-state index contributed by atoms with van der Waals surface area (Å²) in [5.41, 5.74) is 6.42. The van der Waals surface area contributed by atoms with Gasteiger partial charge in [0, 0.05) is 55.9 Å². The molecule has 1 aliphatic rings. The Hall–Kier alpha value is -1.81. The van der Waals surface area contributed by atoms with Crippen molar-refractivity contribution in [3.63, 3.8) is 0 Å². The van der Waals surface area contributed by atoms with Crippen molar-refractivity contribution in [2.45, 2.75) is 20.3 Å². The smallest absolute Gasteiger partial charge is 0.0705 e. The molecule has 0 aliphatic carbocycles. The highest BCUT2D eigenvalue weighted by Gasteiger charge is 2.18. The van der Waals surface area contributed by atoms with Gasteiger partial charge in [-0.3, -0.25) is 9.88 Å². The number of aryl methyl sites for hydroxylation is 2. The van der Waals surface area contributed by atoms with Crippen LogP contribution in [0.15, 0.2) is 54.6 Å². The zero-order chi connectivity index (χ0) is 17.9. The van der Waals surface area contributed by atoms with Crippen molar-refractivity contribution in [1.82, 2.24) is 9.88 Å². The first kappa shape index (κ1) is 22.5. The topological polar surface area (TPSA) is 19.4 Å². The van der Waals surface area contributed by atoms with Crippen LogP contribution in [-0.4, -0.2) is 42.6 Å². The summed E-state index contributed by atoms with van der Waals surface area (Å²) in [4.78, 5) is 9.90. The molecule has 2 heterocycles. The maximum Gasteiger partial charge on any atom is 0.0705 e. The summed E-state index contributed by atoms with van der Waals surface area (Å²) in [5.74, 6) is 0. The fraction of sp³-hybridized carbons (Fsp3) is 0.348. The van der Waals surface area contributed by atoms with Gasteiger partial charge in [0.15, 0.2) is 0 Å². The van der Waals surface area contributed by atoms with Crippen LogP contribution in [0.4, 0.5) is 5.69 Å². The number of benzene rings is 2. The summed E-state index contributed by atoms with van der Waals surface area (Å²) in [7, 11) is 0. The molecule has 1 fully saturated rings. The number of aromatic nitrogens is 1. The highest BCUT2D eigenvalue weighted by atomic mass is 35.5. The Morgan fingerprint density at radius 2 is 1.61 bits per heavy atom. The van der Waals surface area contributed by atoms with E-state index in [0.29, 0.717) is 0 Å². The lowest BCUT2D eigenvalue weighted by Gasteiger charge is -2.36. The molecule has 1 aliphatic heterocycles. The molecule has 0 N–H and O–H groups in total. The summed E-state index contributed by atoms with van der Waals surface area (Å²) >= 11 is 0. The van der Waals surface area contributed by atoms with Gasteiger partial charge in [-0.1, -0.05) is 42.0 Å². The summed E-state index contributed by atoms with van der Waals surface area (Å²) < 4.78 is 0. The van der Waals surface area contributed by atoms with E-state index in [9.17, 15) is 0 Å². The van der Waals surface area contributed by atoms with E-state index < -0.39 is 0 Å². The number of pyridine rings is 1. The molecule has 4 rings (SSSR count). The molecule has 0 radical (unpaired) electrons. The molecule has 0 atom stereocenters. The SMILES string of the molecule is Cc1ccc(N2CCN(CCc3ccc4ccccc4n3)CC2)c(C)c1.Cl.Cl. The van der Waals surface area contributed by atoms with Gasteiger partial charge in [-0.2, -0.15) is 0 Å². The summed E-state index contributed by atoms with van der Waals surface area (Å²) in [6, 6.07) is 19.5.